The molecule has 0 atom stereocenters. The van der Waals surface area contributed by atoms with Crippen LogP contribution < -0.4 is 11.3 Å². The number of phenols is 1. The number of nitrogens with zero attached hydrogens (tertiary/aromatic N) is 2. The van der Waals surface area contributed by atoms with Gasteiger partial charge in [-0.3, -0.25) is 20.0 Å². The molecule has 124 valence electrons. The smallest absolute Gasteiger partial charge is 0.273 e. The van der Waals surface area contributed by atoms with Gasteiger partial charge < -0.3 is 10.8 Å². The maximum Gasteiger partial charge on any atom is 0.273 e. The van der Waals surface area contributed by atoms with Crippen molar-refractivity contribution in [1.82, 2.24) is 9.78 Å². The van der Waals surface area contributed by atoms with Crippen LogP contribution in [0, 0.1) is 17.0 Å². The lowest BCUT2D eigenvalue weighted by Gasteiger charge is -1.99. The Balaban J connectivity index is 0.000000177. The SMILES string of the molecule is Cc1cc(=O)n(-c2ccccc2)[nH]1.Nc1ccc([N+](=O)[O-])cc1O. The highest BCUT2D eigenvalue weighted by molar-refractivity contribution is 5.56. The fraction of sp³-hybridized carbons (Fsp3) is 0.0625. The Kier molecular flexibility index (Phi) is 5.00. The van der Waals surface area contributed by atoms with Gasteiger partial charge >= 0.3 is 0 Å². The van der Waals surface area contributed by atoms with Crippen LogP contribution in [0.4, 0.5) is 11.4 Å². The van der Waals surface area contributed by atoms with Gasteiger partial charge in [0, 0.05) is 17.8 Å². The highest BCUT2D eigenvalue weighted by atomic mass is 16.6. The molecule has 24 heavy (non-hydrogen) atoms. The van der Waals surface area contributed by atoms with Crippen LogP contribution in [0.1, 0.15) is 5.69 Å². The quantitative estimate of drug-likeness (QED) is 0.288. The molecule has 0 aliphatic rings. The van der Waals surface area contributed by atoms with Crippen LogP contribution in [-0.4, -0.2) is 19.8 Å². The minimum absolute atomic E-state index is 0.0244. The molecule has 4 N–H and O–H groups in total. The maximum atomic E-state index is 11.4. The number of nitrogens with one attached hydrogen (secondary N) is 1. The summed E-state index contributed by atoms with van der Waals surface area (Å²) in [5.41, 5.74) is 6.89. The highest BCUT2D eigenvalue weighted by Crippen LogP contribution is 2.24. The van der Waals surface area contributed by atoms with Crippen molar-refractivity contribution < 1.29 is 10.0 Å². The van der Waals surface area contributed by atoms with Gasteiger partial charge in [0.25, 0.3) is 11.2 Å². The standard InChI is InChI=1S/C10H10N2O.C6H6N2O3/c1-8-7-10(13)12(11-8)9-5-3-2-4-6-9;7-5-2-1-4(8(10)11)3-6(5)9/h2-7,11H,1H3;1-3,9H,7H2. The van der Waals surface area contributed by atoms with Gasteiger partial charge in [-0.15, -0.1) is 0 Å². The minimum atomic E-state index is -0.598. The van der Waals surface area contributed by atoms with E-state index in [0.29, 0.717) is 0 Å². The van der Waals surface area contributed by atoms with Crippen LogP contribution in [0.15, 0.2) is 59.4 Å². The number of aryl methyl sites for hydroxylation is 1. The molecule has 0 fully saturated rings. The summed E-state index contributed by atoms with van der Waals surface area (Å²) in [6.45, 7) is 1.86. The summed E-state index contributed by atoms with van der Waals surface area (Å²) < 4.78 is 1.52. The van der Waals surface area contributed by atoms with Gasteiger partial charge in [-0.05, 0) is 25.1 Å². The van der Waals surface area contributed by atoms with Crippen LogP contribution >= 0.6 is 0 Å². The molecule has 1 aromatic heterocycles. The summed E-state index contributed by atoms with van der Waals surface area (Å²) in [6.07, 6.45) is 0. The van der Waals surface area contributed by atoms with Crippen LogP contribution in [0.25, 0.3) is 5.69 Å². The minimum Gasteiger partial charge on any atom is -0.506 e. The Morgan fingerprint density at radius 3 is 2.33 bits per heavy atom. The predicted octanol–water partition coefficient (Wildman–Crippen LogP) is 2.36. The van der Waals surface area contributed by atoms with Crippen molar-refractivity contribution in [3.05, 3.63) is 80.8 Å². The third-order valence-electron chi connectivity index (χ3n) is 3.09. The summed E-state index contributed by atoms with van der Waals surface area (Å²) in [6, 6.07) is 14.6. The number of H-pyrrole nitrogens is 1. The molecule has 0 aliphatic carbocycles. The topological polar surface area (TPSA) is 127 Å². The summed E-state index contributed by atoms with van der Waals surface area (Å²) in [4.78, 5) is 20.9. The van der Waals surface area contributed by atoms with Crippen molar-refractivity contribution in [2.45, 2.75) is 6.92 Å². The Labute approximate surface area is 136 Å². The Morgan fingerprint density at radius 1 is 1.17 bits per heavy atom. The Morgan fingerprint density at radius 2 is 1.83 bits per heavy atom. The number of phenolic OH excluding ortho intramolecular Hbond substituents is 1. The number of nitrogen functional groups attached to an aromatic ring is 1. The van der Waals surface area contributed by atoms with Crippen LogP contribution in [-0.2, 0) is 0 Å². The van der Waals surface area contributed by atoms with E-state index < -0.39 is 4.92 Å². The van der Waals surface area contributed by atoms with Crippen molar-refractivity contribution in [2.24, 2.45) is 0 Å². The van der Waals surface area contributed by atoms with Gasteiger partial charge in [0.15, 0.2) is 0 Å². The zero-order valence-electron chi connectivity index (χ0n) is 12.8. The molecule has 3 aromatic rings. The second-order valence-corrected chi connectivity index (χ2v) is 4.95. The maximum absolute atomic E-state index is 11.4. The van der Waals surface area contributed by atoms with Gasteiger partial charge in [-0.2, -0.15) is 0 Å². The van der Waals surface area contributed by atoms with E-state index in [0.717, 1.165) is 17.4 Å². The fourth-order valence-corrected chi connectivity index (χ4v) is 1.93. The average Bonchev–Trinajstić information content (AvgIpc) is 2.90. The van der Waals surface area contributed by atoms with E-state index in [1.54, 1.807) is 6.07 Å². The average molecular weight is 328 g/mol. The third kappa shape index (κ3) is 4.01. The molecule has 0 unspecified atom stereocenters. The number of nitro benzene ring substituents is 1. The van der Waals surface area contributed by atoms with E-state index >= 15 is 0 Å². The van der Waals surface area contributed by atoms with E-state index in [1.807, 2.05) is 37.3 Å². The van der Waals surface area contributed by atoms with Crippen molar-refractivity contribution in [3.63, 3.8) is 0 Å². The molecule has 0 aliphatic heterocycles. The molecule has 0 bridgehead atoms. The highest BCUT2D eigenvalue weighted by Gasteiger charge is 2.07. The molecule has 0 saturated carbocycles. The number of aromatic hydroxyl groups is 1. The fourth-order valence-electron chi connectivity index (χ4n) is 1.93. The van der Waals surface area contributed by atoms with Gasteiger partial charge in [0.1, 0.15) is 5.75 Å². The number of non-ortho nitro benzene ring substituents is 1. The molecule has 0 spiro atoms. The van der Waals surface area contributed by atoms with Gasteiger partial charge in [0.2, 0.25) is 0 Å². The second-order valence-electron chi connectivity index (χ2n) is 4.95. The molecule has 8 heteroatoms. The van der Waals surface area contributed by atoms with Crippen molar-refractivity contribution in [3.8, 4) is 11.4 Å². The third-order valence-corrected chi connectivity index (χ3v) is 3.09. The number of para-hydroxylation sites is 1. The zero-order chi connectivity index (χ0) is 17.7. The Bertz CT molecular complexity index is 900. The molecule has 0 saturated heterocycles. The molecular formula is C16H16N4O4. The molecule has 8 nitrogen and oxygen atoms in total. The molecule has 2 aromatic carbocycles. The normalized spacial score (nSPS) is 9.88. The first-order valence-electron chi connectivity index (χ1n) is 6.95. The number of anilines is 1. The van der Waals surface area contributed by atoms with Gasteiger partial charge in [-0.25, -0.2) is 4.68 Å². The summed E-state index contributed by atoms with van der Waals surface area (Å²) in [7, 11) is 0. The lowest BCUT2D eigenvalue weighted by Crippen LogP contribution is -2.12. The molecule has 1 heterocycles. The first-order chi connectivity index (χ1) is 11.4. The molecule has 0 amide bonds. The zero-order valence-corrected chi connectivity index (χ0v) is 12.8. The number of rotatable bonds is 2. The monoisotopic (exact) mass is 328 g/mol. The largest absolute Gasteiger partial charge is 0.506 e. The first kappa shape index (κ1) is 16.8. The lowest BCUT2D eigenvalue weighted by molar-refractivity contribution is -0.384. The van der Waals surface area contributed by atoms with Crippen LogP contribution in [0.2, 0.25) is 0 Å². The summed E-state index contributed by atoms with van der Waals surface area (Å²) in [5.74, 6) is -0.265. The molecular weight excluding hydrogens is 312 g/mol. The van der Waals surface area contributed by atoms with E-state index in [4.69, 9.17) is 10.8 Å². The predicted molar refractivity (Wildman–Crippen MR) is 90.3 cm³/mol. The van der Waals surface area contributed by atoms with E-state index in [2.05, 4.69) is 5.10 Å². The summed E-state index contributed by atoms with van der Waals surface area (Å²) >= 11 is 0. The molecule has 0 radical (unpaired) electrons. The van der Waals surface area contributed by atoms with E-state index in [9.17, 15) is 14.9 Å². The van der Waals surface area contributed by atoms with Crippen molar-refractivity contribution >= 4 is 11.4 Å². The number of aromatic amines is 1. The molecule has 3 rings (SSSR count). The second kappa shape index (κ2) is 7.14. The number of hydrogen-bond acceptors (Lipinski definition) is 5. The summed E-state index contributed by atoms with van der Waals surface area (Å²) in [5, 5.41) is 22.0. The van der Waals surface area contributed by atoms with E-state index in [1.165, 1.54) is 16.8 Å². The van der Waals surface area contributed by atoms with Crippen LogP contribution in [0.5, 0.6) is 5.75 Å². The Hall–Kier alpha value is -3.55. The number of nitrogens with two attached hydrogens (primary N) is 1. The lowest BCUT2D eigenvalue weighted by atomic mass is 10.3. The van der Waals surface area contributed by atoms with Crippen molar-refractivity contribution in [1.29, 1.82) is 0 Å². The number of aromatic nitrogens is 2. The van der Waals surface area contributed by atoms with Gasteiger partial charge in [-0.1, -0.05) is 18.2 Å². The first-order valence-corrected chi connectivity index (χ1v) is 6.95. The van der Waals surface area contributed by atoms with Gasteiger partial charge in [0.05, 0.1) is 22.4 Å². The number of nitro groups is 1. The van der Waals surface area contributed by atoms with E-state index in [-0.39, 0.29) is 22.7 Å². The number of hydrogen-bond donors (Lipinski definition) is 3. The van der Waals surface area contributed by atoms with Crippen molar-refractivity contribution in [2.75, 3.05) is 5.73 Å². The number of benzene rings is 2. The van der Waals surface area contributed by atoms with Crippen LogP contribution in [0.3, 0.4) is 0 Å².